The van der Waals surface area contributed by atoms with Crippen molar-refractivity contribution in [3.05, 3.63) is 77.6 Å². The van der Waals surface area contributed by atoms with Crippen LogP contribution in [0.3, 0.4) is 0 Å². The van der Waals surface area contributed by atoms with Gasteiger partial charge in [-0.3, -0.25) is 14.4 Å². The molecule has 0 radical (unpaired) electrons. The number of carbonyl (C=O) groups excluding carboxylic acids is 3. The van der Waals surface area contributed by atoms with Crippen molar-refractivity contribution in [2.75, 3.05) is 18.2 Å². The number of esters is 1. The normalized spacial score (nSPS) is 10.9. The zero-order chi connectivity index (χ0) is 27.2. The zero-order valence-electron chi connectivity index (χ0n) is 19.9. The van der Waals surface area contributed by atoms with E-state index in [-0.39, 0.29) is 24.5 Å². The molecule has 3 aromatic rings. The van der Waals surface area contributed by atoms with Gasteiger partial charge in [0.05, 0.1) is 41.4 Å². The van der Waals surface area contributed by atoms with Crippen LogP contribution in [0, 0.1) is 11.3 Å². The summed E-state index contributed by atoms with van der Waals surface area (Å²) in [6.45, 7) is 2.93. The van der Waals surface area contributed by atoms with Gasteiger partial charge in [-0.1, -0.05) is 6.07 Å². The van der Waals surface area contributed by atoms with Gasteiger partial charge in [0.2, 0.25) is 0 Å². The van der Waals surface area contributed by atoms with Gasteiger partial charge in [-0.15, -0.1) is 0 Å². The number of nitriles is 1. The Morgan fingerprint density at radius 3 is 2.38 bits per heavy atom. The number of halogens is 3. The smallest absolute Gasteiger partial charge is 0.416 e. The number of anilines is 1. The number of carbonyl (C=O) groups is 3. The molecule has 0 fully saturated rings. The molecular weight excluding hydrogens is 491 g/mol. The second kappa shape index (κ2) is 11.4. The molecule has 1 aromatic heterocycles. The molecule has 192 valence electrons. The fourth-order valence-corrected chi connectivity index (χ4v) is 3.50. The van der Waals surface area contributed by atoms with Gasteiger partial charge in [0, 0.05) is 6.54 Å². The van der Waals surface area contributed by atoms with E-state index in [4.69, 9.17) is 10.00 Å². The number of hydrazine groups is 1. The Kier molecular flexibility index (Phi) is 8.29. The highest BCUT2D eigenvalue weighted by molar-refractivity contribution is 6.06. The summed E-state index contributed by atoms with van der Waals surface area (Å²) in [5, 5.41) is 14.8. The third kappa shape index (κ3) is 6.13. The van der Waals surface area contributed by atoms with Gasteiger partial charge in [0.15, 0.2) is 0 Å². The van der Waals surface area contributed by atoms with Crippen molar-refractivity contribution in [2.45, 2.75) is 26.4 Å². The summed E-state index contributed by atoms with van der Waals surface area (Å²) in [5.41, 5.74) is -0.479. The minimum atomic E-state index is -4.71. The van der Waals surface area contributed by atoms with E-state index in [1.807, 2.05) is 6.07 Å². The van der Waals surface area contributed by atoms with E-state index in [0.29, 0.717) is 11.3 Å². The largest absolute Gasteiger partial charge is 0.466 e. The lowest BCUT2D eigenvalue weighted by Crippen LogP contribution is -2.51. The molecule has 1 heterocycles. The fourth-order valence-electron chi connectivity index (χ4n) is 3.50. The predicted octanol–water partition coefficient (Wildman–Crippen LogP) is 4.13. The van der Waals surface area contributed by atoms with Crippen LogP contribution in [-0.2, 0) is 20.5 Å². The van der Waals surface area contributed by atoms with E-state index in [1.54, 1.807) is 19.1 Å². The molecule has 0 saturated carbocycles. The third-order valence-corrected chi connectivity index (χ3v) is 5.13. The molecule has 9 nitrogen and oxygen atoms in total. The topological polar surface area (TPSA) is 109 Å². The van der Waals surface area contributed by atoms with Gasteiger partial charge in [0.25, 0.3) is 11.8 Å². The number of hydrogen-bond acceptors (Lipinski definition) is 6. The molecule has 0 aliphatic carbocycles. The molecule has 0 saturated heterocycles. The van der Waals surface area contributed by atoms with Crippen LogP contribution in [0.4, 0.5) is 18.9 Å². The Bertz CT molecular complexity index is 1330. The van der Waals surface area contributed by atoms with Crippen molar-refractivity contribution in [1.29, 1.82) is 5.26 Å². The SMILES string of the molecule is CCOC(=O)CC(=O)N(c1cccc(C(F)(F)F)c1)N(CC)C(=O)c1ccnn1-c1ccc(C#N)cc1. The highest BCUT2D eigenvalue weighted by Crippen LogP contribution is 2.32. The zero-order valence-corrected chi connectivity index (χ0v) is 19.9. The van der Waals surface area contributed by atoms with Crippen molar-refractivity contribution in [3.63, 3.8) is 0 Å². The molecule has 0 bridgehead atoms. The van der Waals surface area contributed by atoms with Crippen LogP contribution in [0.1, 0.15) is 41.9 Å². The Balaban J connectivity index is 2.07. The highest BCUT2D eigenvalue weighted by Gasteiger charge is 2.34. The average molecular weight is 513 g/mol. The molecule has 2 aromatic carbocycles. The molecule has 0 N–H and O–H groups in total. The summed E-state index contributed by atoms with van der Waals surface area (Å²) >= 11 is 0. The number of benzene rings is 2. The van der Waals surface area contributed by atoms with E-state index in [1.165, 1.54) is 42.1 Å². The number of aromatic nitrogens is 2. The Hall–Kier alpha value is -4.66. The van der Waals surface area contributed by atoms with Crippen molar-refractivity contribution in [3.8, 4) is 11.8 Å². The molecular formula is C25H22F3N5O4. The quantitative estimate of drug-likeness (QED) is 0.267. The van der Waals surface area contributed by atoms with Gasteiger partial charge < -0.3 is 4.74 Å². The van der Waals surface area contributed by atoms with E-state index < -0.39 is 35.9 Å². The molecule has 3 rings (SSSR count). The van der Waals surface area contributed by atoms with Crippen LogP contribution in [0.15, 0.2) is 60.8 Å². The van der Waals surface area contributed by atoms with Crippen molar-refractivity contribution in [1.82, 2.24) is 14.8 Å². The molecule has 0 aliphatic heterocycles. The molecule has 0 unspecified atom stereocenters. The predicted molar refractivity (Wildman–Crippen MR) is 125 cm³/mol. The highest BCUT2D eigenvalue weighted by atomic mass is 19.4. The van der Waals surface area contributed by atoms with Crippen LogP contribution < -0.4 is 5.01 Å². The second-order valence-corrected chi connectivity index (χ2v) is 7.54. The maximum absolute atomic E-state index is 13.6. The van der Waals surface area contributed by atoms with Crippen LogP contribution in [0.2, 0.25) is 0 Å². The van der Waals surface area contributed by atoms with Gasteiger partial charge in [-0.05, 0) is 62.4 Å². The van der Waals surface area contributed by atoms with Crippen LogP contribution in [0.5, 0.6) is 0 Å². The Morgan fingerprint density at radius 2 is 1.78 bits per heavy atom. The monoisotopic (exact) mass is 513 g/mol. The summed E-state index contributed by atoms with van der Waals surface area (Å²) in [7, 11) is 0. The summed E-state index contributed by atoms with van der Waals surface area (Å²) in [5.74, 6) is -2.62. The molecule has 12 heteroatoms. The lowest BCUT2D eigenvalue weighted by molar-refractivity contribution is -0.146. The number of ether oxygens (including phenoxy) is 1. The van der Waals surface area contributed by atoms with E-state index in [2.05, 4.69) is 5.10 Å². The fraction of sp³-hybridized carbons (Fsp3) is 0.240. The Labute approximate surface area is 210 Å². The second-order valence-electron chi connectivity index (χ2n) is 7.54. The maximum Gasteiger partial charge on any atom is 0.416 e. The molecule has 0 aliphatic rings. The van der Waals surface area contributed by atoms with Gasteiger partial charge >= 0.3 is 12.1 Å². The van der Waals surface area contributed by atoms with Crippen LogP contribution >= 0.6 is 0 Å². The first-order chi connectivity index (χ1) is 17.6. The molecule has 37 heavy (non-hydrogen) atoms. The maximum atomic E-state index is 13.6. The van der Waals surface area contributed by atoms with Crippen molar-refractivity contribution < 1.29 is 32.3 Å². The van der Waals surface area contributed by atoms with Crippen LogP contribution in [-0.4, -0.2) is 45.7 Å². The number of alkyl halides is 3. The van der Waals surface area contributed by atoms with E-state index in [9.17, 15) is 27.6 Å². The molecule has 2 amide bonds. The molecule has 0 spiro atoms. The van der Waals surface area contributed by atoms with E-state index in [0.717, 1.165) is 28.2 Å². The number of nitrogens with zero attached hydrogens (tertiary/aromatic N) is 5. The first-order valence-electron chi connectivity index (χ1n) is 11.1. The van der Waals surface area contributed by atoms with Gasteiger partial charge in [-0.2, -0.15) is 23.5 Å². The average Bonchev–Trinajstić information content (AvgIpc) is 3.36. The van der Waals surface area contributed by atoms with Gasteiger partial charge in [-0.25, -0.2) is 14.7 Å². The first kappa shape index (κ1) is 26.9. The number of amides is 2. The summed E-state index contributed by atoms with van der Waals surface area (Å²) in [6, 6.07) is 13.4. The summed E-state index contributed by atoms with van der Waals surface area (Å²) in [4.78, 5) is 38.9. The first-order valence-corrected chi connectivity index (χ1v) is 11.1. The lowest BCUT2D eigenvalue weighted by atomic mass is 10.2. The number of rotatable bonds is 7. The standard InChI is InChI=1S/C25H22F3N5O4/c1-3-31(24(36)21-12-13-30-32(21)19-10-8-17(16-29)9-11-19)33(22(34)15-23(35)37-4-2)20-7-5-6-18(14-20)25(26,27)28/h5-14H,3-4,15H2,1-2H3. The Morgan fingerprint density at radius 1 is 1.08 bits per heavy atom. The number of hydrogen-bond donors (Lipinski definition) is 0. The van der Waals surface area contributed by atoms with Crippen molar-refractivity contribution in [2.24, 2.45) is 0 Å². The minimum Gasteiger partial charge on any atom is -0.466 e. The van der Waals surface area contributed by atoms with E-state index >= 15 is 0 Å². The van der Waals surface area contributed by atoms with Crippen molar-refractivity contribution >= 4 is 23.5 Å². The molecule has 0 atom stereocenters. The summed E-state index contributed by atoms with van der Waals surface area (Å²) < 4.78 is 46.3. The lowest BCUT2D eigenvalue weighted by Gasteiger charge is -2.34. The van der Waals surface area contributed by atoms with Crippen LogP contribution in [0.25, 0.3) is 5.69 Å². The summed E-state index contributed by atoms with van der Waals surface area (Å²) in [6.07, 6.45) is -4.17. The van der Waals surface area contributed by atoms with Gasteiger partial charge in [0.1, 0.15) is 12.1 Å². The third-order valence-electron chi connectivity index (χ3n) is 5.13. The minimum absolute atomic E-state index is 0.00410.